The zero-order valence-corrected chi connectivity index (χ0v) is 14.3. The molecular formula is C12H20Cl2N4OS. The quantitative estimate of drug-likeness (QED) is 0.510. The topological polar surface area (TPSA) is 64.6 Å². The molecular weight excluding hydrogens is 319 g/mol. The van der Waals surface area contributed by atoms with Crippen LogP contribution in [-0.2, 0) is 0 Å². The monoisotopic (exact) mass is 338 g/mol. The molecule has 3 N–H and O–H groups in total. The number of nitrogens with one attached hydrogen (secondary N) is 1. The Morgan fingerprint density at radius 1 is 1.35 bits per heavy atom. The molecule has 114 valence electrons. The second-order valence-corrected chi connectivity index (χ2v) is 6.81. The second-order valence-electron chi connectivity index (χ2n) is 4.94. The lowest BCUT2D eigenvalue weighted by atomic mass is 10.3. The summed E-state index contributed by atoms with van der Waals surface area (Å²) in [5.41, 5.74) is 3.43. The number of ether oxygens (including phenoxy) is 1. The van der Waals surface area contributed by atoms with Crippen LogP contribution in [0.3, 0.4) is 0 Å². The number of aromatic nitrogens is 2. The summed E-state index contributed by atoms with van der Waals surface area (Å²) in [6.45, 7) is 6.49. The van der Waals surface area contributed by atoms with Crippen molar-refractivity contribution >= 4 is 48.0 Å². The predicted octanol–water partition coefficient (Wildman–Crippen LogP) is 3.36. The lowest BCUT2D eigenvalue weighted by molar-refractivity contribution is 0.404. The first-order chi connectivity index (χ1) is 8.44. The Hall–Kier alpha value is -0.820. The number of fused-ring (bicyclic) bond motifs is 1. The van der Waals surface area contributed by atoms with Crippen molar-refractivity contribution in [2.75, 3.05) is 12.5 Å². The van der Waals surface area contributed by atoms with E-state index >= 15 is 0 Å². The molecule has 0 spiro atoms. The van der Waals surface area contributed by atoms with Crippen molar-refractivity contribution in [2.24, 2.45) is 5.84 Å². The highest BCUT2D eigenvalue weighted by atomic mass is 35.5. The van der Waals surface area contributed by atoms with Crippen LogP contribution < -0.4 is 16.0 Å². The summed E-state index contributed by atoms with van der Waals surface area (Å²) >= 11 is 1.75. The van der Waals surface area contributed by atoms with Crippen molar-refractivity contribution in [2.45, 2.75) is 30.4 Å². The van der Waals surface area contributed by atoms with E-state index in [0.29, 0.717) is 0 Å². The molecule has 20 heavy (non-hydrogen) atoms. The van der Waals surface area contributed by atoms with E-state index < -0.39 is 0 Å². The van der Waals surface area contributed by atoms with Gasteiger partial charge in [0.1, 0.15) is 17.2 Å². The van der Waals surface area contributed by atoms with Crippen LogP contribution in [0.5, 0.6) is 5.75 Å². The number of nitrogens with two attached hydrogens (primary N) is 1. The first-order valence-electron chi connectivity index (χ1n) is 5.65. The molecule has 0 aliphatic heterocycles. The van der Waals surface area contributed by atoms with E-state index in [9.17, 15) is 0 Å². The first kappa shape index (κ1) is 19.2. The summed E-state index contributed by atoms with van der Waals surface area (Å²) in [7, 11) is 1.67. The number of hydrazine groups is 1. The molecule has 0 saturated heterocycles. The van der Waals surface area contributed by atoms with E-state index in [1.807, 2.05) is 16.7 Å². The molecule has 0 amide bonds. The fraction of sp³-hybridized carbons (Fsp3) is 0.417. The molecule has 2 aromatic heterocycles. The lowest BCUT2D eigenvalue weighted by Gasteiger charge is -2.19. The maximum Gasteiger partial charge on any atom is 0.144 e. The highest BCUT2D eigenvalue weighted by Crippen LogP contribution is 2.38. The van der Waals surface area contributed by atoms with Crippen molar-refractivity contribution in [3.05, 3.63) is 18.5 Å². The van der Waals surface area contributed by atoms with E-state index in [0.717, 1.165) is 22.1 Å². The smallest absolute Gasteiger partial charge is 0.144 e. The van der Waals surface area contributed by atoms with Gasteiger partial charge >= 0.3 is 0 Å². The number of halogens is 2. The maximum absolute atomic E-state index is 5.46. The molecule has 0 aromatic carbocycles. The zero-order chi connectivity index (χ0) is 13.3. The summed E-state index contributed by atoms with van der Waals surface area (Å²) < 4.78 is 7.44. The molecule has 0 aliphatic carbocycles. The standard InChI is InChI=1S/C12H18N4OS.2ClH/c1-12(2,3)18-9-7-16-10(5-8(9)17-4)14-6-11(16)15-13;;/h5-7,15H,13H2,1-4H3;2*1H. The molecule has 0 radical (unpaired) electrons. The normalized spacial score (nSPS) is 10.7. The third-order valence-electron chi connectivity index (χ3n) is 2.36. The number of anilines is 1. The van der Waals surface area contributed by atoms with Gasteiger partial charge in [-0.2, -0.15) is 0 Å². The third kappa shape index (κ3) is 4.09. The van der Waals surface area contributed by atoms with Gasteiger partial charge in [0.15, 0.2) is 0 Å². The van der Waals surface area contributed by atoms with Gasteiger partial charge < -0.3 is 10.2 Å². The van der Waals surface area contributed by atoms with Gasteiger partial charge in [0.05, 0.1) is 18.2 Å². The van der Waals surface area contributed by atoms with Crippen LogP contribution in [0.25, 0.3) is 5.65 Å². The number of nitrogens with zero attached hydrogens (tertiary/aromatic N) is 2. The van der Waals surface area contributed by atoms with Crippen LogP contribution in [-0.4, -0.2) is 21.2 Å². The molecule has 0 bridgehead atoms. The van der Waals surface area contributed by atoms with E-state index in [4.69, 9.17) is 10.6 Å². The molecule has 5 nitrogen and oxygen atoms in total. The minimum absolute atomic E-state index is 0. The Morgan fingerprint density at radius 2 is 2.00 bits per heavy atom. The fourth-order valence-corrected chi connectivity index (χ4v) is 2.72. The number of imidazole rings is 1. The van der Waals surface area contributed by atoms with Gasteiger partial charge in [0.25, 0.3) is 0 Å². The largest absolute Gasteiger partial charge is 0.495 e. The Kier molecular flexibility index (Phi) is 6.97. The van der Waals surface area contributed by atoms with Gasteiger partial charge in [-0.15, -0.1) is 36.6 Å². The minimum Gasteiger partial charge on any atom is -0.495 e. The maximum atomic E-state index is 5.46. The molecule has 0 saturated carbocycles. The van der Waals surface area contributed by atoms with Gasteiger partial charge in [-0.3, -0.25) is 4.40 Å². The highest BCUT2D eigenvalue weighted by molar-refractivity contribution is 8.00. The number of hydrogen-bond donors (Lipinski definition) is 2. The van der Waals surface area contributed by atoms with Gasteiger partial charge in [-0.25, -0.2) is 10.8 Å². The average molecular weight is 339 g/mol. The SMILES string of the molecule is COc1cc2ncc(NN)n2cc1SC(C)(C)C.Cl.Cl. The average Bonchev–Trinajstić information content (AvgIpc) is 2.67. The van der Waals surface area contributed by atoms with E-state index in [2.05, 4.69) is 31.2 Å². The summed E-state index contributed by atoms with van der Waals surface area (Å²) in [5, 5.41) is 0. The van der Waals surface area contributed by atoms with Crippen LogP contribution in [0.4, 0.5) is 5.82 Å². The van der Waals surface area contributed by atoms with Gasteiger partial charge in [-0.1, -0.05) is 20.8 Å². The Labute approximate surface area is 135 Å². The van der Waals surface area contributed by atoms with E-state index in [-0.39, 0.29) is 29.6 Å². The zero-order valence-electron chi connectivity index (χ0n) is 11.8. The van der Waals surface area contributed by atoms with Crippen molar-refractivity contribution in [1.82, 2.24) is 9.38 Å². The molecule has 0 aliphatic rings. The highest BCUT2D eigenvalue weighted by Gasteiger charge is 2.17. The molecule has 0 unspecified atom stereocenters. The first-order valence-corrected chi connectivity index (χ1v) is 6.47. The molecule has 0 fully saturated rings. The van der Waals surface area contributed by atoms with Crippen molar-refractivity contribution < 1.29 is 4.74 Å². The second kappa shape index (κ2) is 7.26. The van der Waals surface area contributed by atoms with Crippen LogP contribution in [0.2, 0.25) is 0 Å². The molecule has 2 heterocycles. The van der Waals surface area contributed by atoms with Crippen LogP contribution >= 0.6 is 36.6 Å². The van der Waals surface area contributed by atoms with E-state index in [1.54, 1.807) is 25.1 Å². The Bertz CT molecular complexity index is 568. The minimum atomic E-state index is 0. The number of hydrogen-bond acceptors (Lipinski definition) is 5. The summed E-state index contributed by atoms with van der Waals surface area (Å²) in [6, 6.07) is 1.91. The van der Waals surface area contributed by atoms with Gasteiger partial charge in [-0.05, 0) is 0 Å². The Balaban J connectivity index is 0.00000180. The summed E-state index contributed by atoms with van der Waals surface area (Å²) in [6.07, 6.45) is 3.69. The fourth-order valence-electron chi connectivity index (χ4n) is 1.66. The predicted molar refractivity (Wildman–Crippen MR) is 89.7 cm³/mol. The Morgan fingerprint density at radius 3 is 2.50 bits per heavy atom. The number of methoxy groups -OCH3 is 1. The van der Waals surface area contributed by atoms with Crippen molar-refractivity contribution in [3.8, 4) is 5.75 Å². The number of rotatable bonds is 3. The van der Waals surface area contributed by atoms with Crippen LogP contribution in [0.15, 0.2) is 23.4 Å². The summed E-state index contributed by atoms with van der Waals surface area (Å²) in [4.78, 5) is 5.33. The van der Waals surface area contributed by atoms with Gasteiger partial charge in [0.2, 0.25) is 0 Å². The van der Waals surface area contributed by atoms with Crippen LogP contribution in [0, 0.1) is 0 Å². The number of nitrogen functional groups attached to an aromatic ring is 1. The molecule has 0 atom stereocenters. The third-order valence-corrected chi connectivity index (χ3v) is 3.50. The summed E-state index contributed by atoms with van der Waals surface area (Å²) in [5.74, 6) is 7.04. The van der Waals surface area contributed by atoms with Crippen molar-refractivity contribution in [3.63, 3.8) is 0 Å². The van der Waals surface area contributed by atoms with E-state index in [1.165, 1.54) is 0 Å². The number of pyridine rings is 1. The molecule has 2 aromatic rings. The molecule has 8 heteroatoms. The number of thioether (sulfide) groups is 1. The molecule has 2 rings (SSSR count). The lowest BCUT2D eigenvalue weighted by Crippen LogP contribution is -2.10. The van der Waals surface area contributed by atoms with Crippen LogP contribution in [0.1, 0.15) is 20.8 Å². The van der Waals surface area contributed by atoms with Gasteiger partial charge in [0, 0.05) is 17.0 Å². The van der Waals surface area contributed by atoms with Crippen molar-refractivity contribution in [1.29, 1.82) is 0 Å².